The fourth-order valence-corrected chi connectivity index (χ4v) is 3.38. The first-order valence-electron chi connectivity index (χ1n) is 9.77. The van der Waals surface area contributed by atoms with E-state index in [9.17, 15) is 14.4 Å². The van der Waals surface area contributed by atoms with Crippen LogP contribution in [0.1, 0.15) is 55.1 Å². The van der Waals surface area contributed by atoms with Gasteiger partial charge in [0.2, 0.25) is 0 Å². The van der Waals surface area contributed by atoms with E-state index in [1.54, 1.807) is 31.2 Å². The zero-order chi connectivity index (χ0) is 21.2. The van der Waals surface area contributed by atoms with E-state index >= 15 is 0 Å². The van der Waals surface area contributed by atoms with E-state index in [4.69, 9.17) is 4.74 Å². The Labute approximate surface area is 170 Å². The fraction of sp³-hybridized carbons (Fsp3) is 0.348. The maximum Gasteiger partial charge on any atom is 0.325 e. The molecule has 1 aliphatic rings. The number of urea groups is 1. The van der Waals surface area contributed by atoms with E-state index in [0.29, 0.717) is 29.4 Å². The molecule has 0 unspecified atom stereocenters. The quantitative estimate of drug-likeness (QED) is 0.572. The van der Waals surface area contributed by atoms with Gasteiger partial charge >= 0.3 is 6.03 Å². The number of amides is 3. The zero-order valence-electron chi connectivity index (χ0n) is 17.2. The molecule has 152 valence electrons. The summed E-state index contributed by atoms with van der Waals surface area (Å²) >= 11 is 0. The Balaban J connectivity index is 1.76. The molecular formula is C23H26N2O4. The summed E-state index contributed by atoms with van der Waals surface area (Å²) < 4.78 is 5.37. The summed E-state index contributed by atoms with van der Waals surface area (Å²) in [6.07, 6.45) is 0. The maximum atomic E-state index is 13.0. The van der Waals surface area contributed by atoms with Crippen LogP contribution in [-0.4, -0.2) is 35.8 Å². The van der Waals surface area contributed by atoms with Crippen LogP contribution in [0.5, 0.6) is 5.75 Å². The molecular weight excluding hydrogens is 368 g/mol. The number of nitrogens with zero attached hydrogens (tertiary/aromatic N) is 1. The van der Waals surface area contributed by atoms with Crippen LogP contribution in [-0.2, 0) is 10.3 Å². The van der Waals surface area contributed by atoms with Gasteiger partial charge in [0.05, 0.1) is 13.2 Å². The van der Waals surface area contributed by atoms with Crippen molar-refractivity contribution in [2.45, 2.75) is 39.2 Å². The molecule has 6 nitrogen and oxygen atoms in total. The topological polar surface area (TPSA) is 75.7 Å². The van der Waals surface area contributed by atoms with E-state index in [0.717, 1.165) is 10.5 Å². The highest BCUT2D eigenvalue weighted by atomic mass is 16.5. The molecule has 1 heterocycles. The Bertz CT molecular complexity index is 919. The van der Waals surface area contributed by atoms with Crippen molar-refractivity contribution in [3.05, 3.63) is 65.2 Å². The number of rotatable bonds is 7. The van der Waals surface area contributed by atoms with Gasteiger partial charge in [-0.25, -0.2) is 4.79 Å². The molecule has 1 aliphatic heterocycles. The molecule has 0 bridgehead atoms. The Kier molecular flexibility index (Phi) is 5.73. The highest BCUT2D eigenvalue weighted by molar-refractivity contribution is 6.11. The number of hydrogen-bond acceptors (Lipinski definition) is 4. The molecule has 0 aromatic heterocycles. The number of imide groups is 1. The van der Waals surface area contributed by atoms with Gasteiger partial charge in [0.25, 0.3) is 5.91 Å². The molecule has 1 atom stereocenters. The van der Waals surface area contributed by atoms with Crippen molar-refractivity contribution in [2.24, 2.45) is 0 Å². The number of nitrogens with one attached hydrogen (secondary N) is 1. The molecule has 1 saturated heterocycles. The van der Waals surface area contributed by atoms with Gasteiger partial charge in [-0.15, -0.1) is 0 Å². The molecule has 2 aromatic carbocycles. The van der Waals surface area contributed by atoms with Crippen molar-refractivity contribution in [3.63, 3.8) is 0 Å². The highest BCUT2D eigenvalue weighted by Gasteiger charge is 2.49. The third-order valence-electron chi connectivity index (χ3n) is 5.22. The molecule has 6 heteroatoms. The minimum absolute atomic E-state index is 0.307. The van der Waals surface area contributed by atoms with Crippen molar-refractivity contribution >= 4 is 17.7 Å². The highest BCUT2D eigenvalue weighted by Crippen LogP contribution is 2.30. The fourth-order valence-electron chi connectivity index (χ4n) is 3.38. The van der Waals surface area contributed by atoms with Crippen LogP contribution in [0.15, 0.2) is 48.5 Å². The van der Waals surface area contributed by atoms with Crippen molar-refractivity contribution in [3.8, 4) is 5.75 Å². The lowest BCUT2D eigenvalue weighted by molar-refractivity contribution is -0.130. The second-order valence-electron chi connectivity index (χ2n) is 7.60. The molecule has 0 radical (unpaired) electrons. The summed E-state index contributed by atoms with van der Waals surface area (Å²) in [7, 11) is 0. The Morgan fingerprint density at radius 1 is 1.07 bits per heavy atom. The van der Waals surface area contributed by atoms with Crippen molar-refractivity contribution < 1.29 is 19.1 Å². The van der Waals surface area contributed by atoms with Gasteiger partial charge in [0.1, 0.15) is 11.3 Å². The molecule has 1 fully saturated rings. The van der Waals surface area contributed by atoms with Crippen LogP contribution in [0.3, 0.4) is 0 Å². The van der Waals surface area contributed by atoms with Crippen LogP contribution >= 0.6 is 0 Å². The predicted octanol–water partition coefficient (Wildman–Crippen LogP) is 3.86. The van der Waals surface area contributed by atoms with Gasteiger partial charge in [-0.05, 0) is 55.2 Å². The van der Waals surface area contributed by atoms with Gasteiger partial charge in [-0.3, -0.25) is 14.5 Å². The van der Waals surface area contributed by atoms with Gasteiger partial charge in [0.15, 0.2) is 5.78 Å². The summed E-state index contributed by atoms with van der Waals surface area (Å²) in [4.78, 5) is 39.1. The Morgan fingerprint density at radius 2 is 1.69 bits per heavy atom. The number of carbonyl (C=O) groups is 3. The van der Waals surface area contributed by atoms with Crippen LogP contribution in [0.2, 0.25) is 0 Å². The number of benzene rings is 2. The molecule has 29 heavy (non-hydrogen) atoms. The minimum atomic E-state index is -1.19. The lowest BCUT2D eigenvalue weighted by Crippen LogP contribution is -2.41. The van der Waals surface area contributed by atoms with Gasteiger partial charge in [-0.1, -0.05) is 38.1 Å². The van der Waals surface area contributed by atoms with Crippen molar-refractivity contribution in [2.75, 3.05) is 13.2 Å². The predicted molar refractivity (Wildman–Crippen MR) is 110 cm³/mol. The molecule has 0 saturated carbocycles. The average Bonchev–Trinajstić information content (AvgIpc) is 2.93. The van der Waals surface area contributed by atoms with Crippen molar-refractivity contribution in [1.29, 1.82) is 0 Å². The zero-order valence-corrected chi connectivity index (χ0v) is 17.2. The smallest absolute Gasteiger partial charge is 0.325 e. The molecule has 0 spiro atoms. The average molecular weight is 394 g/mol. The summed E-state index contributed by atoms with van der Waals surface area (Å²) in [5, 5.41) is 2.74. The maximum absolute atomic E-state index is 13.0. The third-order valence-corrected chi connectivity index (χ3v) is 5.22. The number of carbonyl (C=O) groups excluding carboxylic acids is 3. The largest absolute Gasteiger partial charge is 0.494 e. The minimum Gasteiger partial charge on any atom is -0.494 e. The summed E-state index contributed by atoms with van der Waals surface area (Å²) in [6.45, 7) is 7.95. The summed E-state index contributed by atoms with van der Waals surface area (Å²) in [5.41, 5.74) is 1.07. The molecule has 3 amide bonds. The molecule has 1 N–H and O–H groups in total. The number of ketones is 1. The first-order chi connectivity index (χ1) is 13.8. The second kappa shape index (κ2) is 8.07. The van der Waals surface area contributed by atoms with Crippen LogP contribution in [0, 0.1) is 0 Å². The van der Waals surface area contributed by atoms with Crippen LogP contribution < -0.4 is 10.1 Å². The molecule has 0 aliphatic carbocycles. The monoisotopic (exact) mass is 394 g/mol. The standard InChI is InChI=1S/C23H26N2O4/c1-5-29-19-12-8-17(9-13-19)20(26)14-25-21(27)23(4,24-22(25)28)18-10-6-16(7-11-18)15(2)3/h6-13,15H,5,14H2,1-4H3,(H,24,28)/t23-/m0/s1. The molecule has 3 rings (SSSR count). The van der Waals surface area contributed by atoms with Crippen molar-refractivity contribution in [1.82, 2.24) is 10.2 Å². The van der Waals surface area contributed by atoms with Gasteiger partial charge < -0.3 is 10.1 Å². The third kappa shape index (κ3) is 4.01. The van der Waals surface area contributed by atoms with E-state index in [2.05, 4.69) is 19.2 Å². The van der Waals surface area contributed by atoms with Crippen LogP contribution in [0.25, 0.3) is 0 Å². The normalized spacial score (nSPS) is 18.9. The lowest BCUT2D eigenvalue weighted by Gasteiger charge is -2.22. The van der Waals surface area contributed by atoms with Gasteiger partial charge in [-0.2, -0.15) is 0 Å². The van der Waals surface area contributed by atoms with Crippen LogP contribution in [0.4, 0.5) is 4.79 Å². The van der Waals surface area contributed by atoms with E-state index < -0.39 is 17.5 Å². The van der Waals surface area contributed by atoms with E-state index in [1.807, 2.05) is 31.2 Å². The van der Waals surface area contributed by atoms with E-state index in [-0.39, 0.29) is 12.3 Å². The SMILES string of the molecule is CCOc1ccc(C(=O)CN2C(=O)N[C@@](C)(c3ccc(C(C)C)cc3)C2=O)cc1. The Morgan fingerprint density at radius 3 is 2.24 bits per heavy atom. The van der Waals surface area contributed by atoms with E-state index in [1.165, 1.54) is 0 Å². The first-order valence-corrected chi connectivity index (χ1v) is 9.77. The second-order valence-corrected chi connectivity index (χ2v) is 7.60. The first kappa shape index (κ1) is 20.6. The number of Topliss-reactive ketones (excluding diaryl/α,β-unsaturated/α-hetero) is 1. The summed E-state index contributed by atoms with van der Waals surface area (Å²) in [5.74, 6) is 0.292. The van der Waals surface area contributed by atoms with Gasteiger partial charge in [0, 0.05) is 5.56 Å². The number of hydrogen-bond donors (Lipinski definition) is 1. The Hall–Kier alpha value is -3.15. The lowest BCUT2D eigenvalue weighted by atomic mass is 9.90. The summed E-state index contributed by atoms with van der Waals surface area (Å²) in [6, 6.07) is 13.7. The molecule has 2 aromatic rings. The number of ether oxygens (including phenoxy) is 1.